The largest absolute Gasteiger partial charge is 0.313 e. The van der Waals surface area contributed by atoms with Gasteiger partial charge in [-0.25, -0.2) is 8.42 Å². The quantitative estimate of drug-likeness (QED) is 0.827. The minimum absolute atomic E-state index is 0.167. The fourth-order valence-corrected chi connectivity index (χ4v) is 3.95. The number of nitrogens with one attached hydrogen (secondary N) is 1. The first-order valence-electron chi connectivity index (χ1n) is 6.48. The van der Waals surface area contributed by atoms with E-state index in [-0.39, 0.29) is 11.3 Å². The summed E-state index contributed by atoms with van der Waals surface area (Å²) in [6.07, 6.45) is 8.95. The minimum atomic E-state index is -2.91. The zero-order valence-electron chi connectivity index (χ0n) is 10.5. The van der Waals surface area contributed by atoms with Gasteiger partial charge in [-0.3, -0.25) is 0 Å². The van der Waals surface area contributed by atoms with Crippen LogP contribution in [-0.4, -0.2) is 32.5 Å². The maximum absolute atomic E-state index is 11.8. The third-order valence-corrected chi connectivity index (χ3v) is 5.07. The highest BCUT2D eigenvalue weighted by atomic mass is 32.2. The van der Waals surface area contributed by atoms with Crippen LogP contribution in [0.25, 0.3) is 0 Å². The smallest absolute Gasteiger partial charge is 0.151 e. The second-order valence-corrected chi connectivity index (χ2v) is 7.18. The average Bonchev–Trinajstić information content (AvgIpc) is 2.14. The van der Waals surface area contributed by atoms with Crippen LogP contribution in [0.15, 0.2) is 0 Å². The molecule has 0 bridgehead atoms. The number of sulfone groups is 1. The van der Waals surface area contributed by atoms with Gasteiger partial charge in [0, 0.05) is 12.3 Å². The summed E-state index contributed by atoms with van der Waals surface area (Å²) >= 11 is 0. The summed E-state index contributed by atoms with van der Waals surface area (Å²) in [5.74, 6) is 0. The average molecular weight is 247 g/mol. The lowest BCUT2D eigenvalue weighted by Crippen LogP contribution is -2.44. The fourth-order valence-electron chi connectivity index (χ4n) is 2.53. The van der Waals surface area contributed by atoms with Gasteiger partial charge in [0.1, 0.15) is 0 Å². The Hall–Kier alpha value is -0.0900. The summed E-state index contributed by atoms with van der Waals surface area (Å²) in [5, 5.41) is 3.25. The summed E-state index contributed by atoms with van der Waals surface area (Å²) in [4.78, 5) is 0. The van der Waals surface area contributed by atoms with Gasteiger partial charge in [0.15, 0.2) is 9.84 Å². The van der Waals surface area contributed by atoms with Crippen LogP contribution >= 0.6 is 0 Å². The molecular formula is C12H25NO2S. The summed E-state index contributed by atoms with van der Waals surface area (Å²) < 4.78 is 23.6. The molecule has 1 aliphatic carbocycles. The first-order chi connectivity index (χ1) is 7.55. The van der Waals surface area contributed by atoms with Gasteiger partial charge in [-0.05, 0) is 25.8 Å². The van der Waals surface area contributed by atoms with Gasteiger partial charge in [-0.15, -0.1) is 0 Å². The van der Waals surface area contributed by atoms with Gasteiger partial charge in [0.25, 0.3) is 0 Å². The molecule has 0 aliphatic heterocycles. The Kier molecular flexibility index (Phi) is 5.76. The second-order valence-electron chi connectivity index (χ2n) is 4.92. The first kappa shape index (κ1) is 14.0. The van der Waals surface area contributed by atoms with Crippen LogP contribution in [0.4, 0.5) is 0 Å². The van der Waals surface area contributed by atoms with Crippen LogP contribution in [0.3, 0.4) is 0 Å². The molecule has 0 aromatic rings. The molecule has 0 aromatic carbocycles. The van der Waals surface area contributed by atoms with E-state index >= 15 is 0 Å². The van der Waals surface area contributed by atoms with Crippen LogP contribution < -0.4 is 5.32 Å². The molecule has 0 saturated heterocycles. The van der Waals surface area contributed by atoms with Crippen molar-refractivity contribution in [3.05, 3.63) is 0 Å². The summed E-state index contributed by atoms with van der Waals surface area (Å²) in [6.45, 7) is 3.04. The maximum atomic E-state index is 11.8. The van der Waals surface area contributed by atoms with Gasteiger partial charge in [0.2, 0.25) is 0 Å². The summed E-state index contributed by atoms with van der Waals surface area (Å²) in [7, 11) is -2.91. The van der Waals surface area contributed by atoms with Crippen LogP contribution in [0, 0.1) is 0 Å². The third-order valence-electron chi connectivity index (χ3n) is 3.41. The molecule has 16 heavy (non-hydrogen) atoms. The topological polar surface area (TPSA) is 46.2 Å². The van der Waals surface area contributed by atoms with Gasteiger partial charge >= 0.3 is 0 Å². The van der Waals surface area contributed by atoms with E-state index in [0.29, 0.717) is 0 Å². The van der Waals surface area contributed by atoms with E-state index < -0.39 is 9.84 Å². The van der Waals surface area contributed by atoms with E-state index in [0.717, 1.165) is 38.6 Å². The van der Waals surface area contributed by atoms with Gasteiger partial charge in [-0.1, -0.05) is 32.6 Å². The van der Waals surface area contributed by atoms with Crippen molar-refractivity contribution in [2.45, 2.75) is 63.2 Å². The van der Waals surface area contributed by atoms with Crippen LogP contribution in [0.1, 0.15) is 51.9 Å². The molecule has 0 aromatic heterocycles. The number of hydrogen-bond donors (Lipinski definition) is 1. The predicted molar refractivity (Wildman–Crippen MR) is 68.4 cm³/mol. The lowest BCUT2D eigenvalue weighted by Gasteiger charge is -2.28. The van der Waals surface area contributed by atoms with E-state index in [4.69, 9.17) is 0 Å². The van der Waals surface area contributed by atoms with Crippen molar-refractivity contribution < 1.29 is 8.42 Å². The highest BCUT2D eigenvalue weighted by molar-refractivity contribution is 7.91. The van der Waals surface area contributed by atoms with Crippen LogP contribution in [0.2, 0.25) is 0 Å². The Morgan fingerprint density at radius 1 is 1.12 bits per heavy atom. The molecule has 3 nitrogen and oxygen atoms in total. The predicted octanol–water partition coefficient (Wildman–Crippen LogP) is 2.12. The molecule has 0 radical (unpaired) electrons. The molecule has 1 saturated carbocycles. The van der Waals surface area contributed by atoms with Crippen molar-refractivity contribution >= 4 is 9.84 Å². The number of hydrogen-bond acceptors (Lipinski definition) is 3. The Balaban J connectivity index is 2.68. The molecule has 96 valence electrons. The summed E-state index contributed by atoms with van der Waals surface area (Å²) in [6, 6.07) is 0.176. The monoisotopic (exact) mass is 247 g/mol. The second kappa shape index (κ2) is 6.60. The minimum Gasteiger partial charge on any atom is -0.313 e. The highest BCUT2D eigenvalue weighted by Crippen LogP contribution is 2.22. The fraction of sp³-hybridized carbons (Fsp3) is 1.00. The molecule has 1 N–H and O–H groups in total. The molecular weight excluding hydrogens is 222 g/mol. The molecule has 0 heterocycles. The lowest BCUT2D eigenvalue weighted by atomic mass is 9.96. The van der Waals surface area contributed by atoms with Gasteiger partial charge < -0.3 is 5.32 Å². The first-order valence-corrected chi connectivity index (χ1v) is 8.43. The Bertz CT molecular complexity index is 285. The molecule has 0 spiro atoms. The van der Waals surface area contributed by atoms with Gasteiger partial charge in [-0.2, -0.15) is 0 Å². The van der Waals surface area contributed by atoms with Crippen molar-refractivity contribution in [1.82, 2.24) is 5.32 Å². The van der Waals surface area contributed by atoms with Crippen LogP contribution in [0.5, 0.6) is 0 Å². The maximum Gasteiger partial charge on any atom is 0.151 e. The SMILES string of the molecule is CCCNC1CCCCCCC1S(C)(=O)=O. The van der Waals surface area contributed by atoms with E-state index in [9.17, 15) is 8.42 Å². The normalized spacial score (nSPS) is 28.4. The molecule has 1 rings (SSSR count). The zero-order chi connectivity index (χ0) is 12.0. The molecule has 2 unspecified atom stereocenters. The molecule has 2 atom stereocenters. The third kappa shape index (κ3) is 4.42. The summed E-state index contributed by atoms with van der Waals surface area (Å²) in [5.41, 5.74) is 0. The Morgan fingerprint density at radius 3 is 2.31 bits per heavy atom. The van der Waals surface area contributed by atoms with E-state index in [1.54, 1.807) is 0 Å². The van der Waals surface area contributed by atoms with Crippen molar-refractivity contribution in [2.24, 2.45) is 0 Å². The lowest BCUT2D eigenvalue weighted by molar-refractivity contribution is 0.388. The molecule has 4 heteroatoms. The van der Waals surface area contributed by atoms with Crippen LogP contribution in [-0.2, 0) is 9.84 Å². The molecule has 1 aliphatic rings. The van der Waals surface area contributed by atoms with E-state index in [1.807, 2.05) is 0 Å². The van der Waals surface area contributed by atoms with E-state index in [1.165, 1.54) is 19.1 Å². The van der Waals surface area contributed by atoms with Crippen molar-refractivity contribution in [3.63, 3.8) is 0 Å². The Morgan fingerprint density at radius 2 is 1.75 bits per heavy atom. The zero-order valence-corrected chi connectivity index (χ0v) is 11.4. The Labute approximate surface area is 99.9 Å². The van der Waals surface area contributed by atoms with Crippen molar-refractivity contribution in [3.8, 4) is 0 Å². The van der Waals surface area contributed by atoms with Crippen molar-refractivity contribution in [1.29, 1.82) is 0 Å². The van der Waals surface area contributed by atoms with Crippen molar-refractivity contribution in [2.75, 3.05) is 12.8 Å². The molecule has 0 amide bonds. The number of rotatable bonds is 4. The molecule has 1 fully saturated rings. The highest BCUT2D eigenvalue weighted by Gasteiger charge is 2.29. The standard InChI is InChI=1S/C12H25NO2S/c1-3-10-13-11-8-6-4-5-7-9-12(11)16(2,14)15/h11-13H,3-10H2,1-2H3. The van der Waals surface area contributed by atoms with E-state index in [2.05, 4.69) is 12.2 Å². The van der Waals surface area contributed by atoms with Gasteiger partial charge in [0.05, 0.1) is 5.25 Å².